The Morgan fingerprint density at radius 1 is 1.47 bits per heavy atom. The Morgan fingerprint density at radius 2 is 2.21 bits per heavy atom. The van der Waals surface area contributed by atoms with Gasteiger partial charge in [0.25, 0.3) is 0 Å². The summed E-state index contributed by atoms with van der Waals surface area (Å²) in [6.45, 7) is 1.85. The van der Waals surface area contributed by atoms with Crippen LogP contribution in [0.15, 0.2) is 0 Å². The van der Waals surface area contributed by atoms with Crippen molar-refractivity contribution in [2.24, 2.45) is 5.73 Å². The van der Waals surface area contributed by atoms with Crippen LogP contribution in [0.3, 0.4) is 0 Å². The van der Waals surface area contributed by atoms with Gasteiger partial charge in [0, 0.05) is 4.88 Å². The number of esters is 1. The zero-order valence-corrected chi connectivity index (χ0v) is 11.9. The normalized spacial score (nSPS) is 14.9. The van der Waals surface area contributed by atoms with Gasteiger partial charge in [0.1, 0.15) is 5.00 Å². The van der Waals surface area contributed by atoms with Crippen LogP contribution in [0.1, 0.15) is 40.6 Å². The van der Waals surface area contributed by atoms with Gasteiger partial charge in [-0.25, -0.2) is 4.79 Å². The molecule has 1 heterocycles. The maximum absolute atomic E-state index is 11.9. The quantitative estimate of drug-likeness (QED) is 0.824. The summed E-state index contributed by atoms with van der Waals surface area (Å²) >= 11 is 1.46. The van der Waals surface area contributed by atoms with Crippen LogP contribution < -0.4 is 11.1 Å². The molecular formula is C13H18N2O3S. The van der Waals surface area contributed by atoms with E-state index in [0.717, 1.165) is 24.8 Å². The molecule has 0 bridgehead atoms. The van der Waals surface area contributed by atoms with Crippen molar-refractivity contribution < 1.29 is 14.3 Å². The van der Waals surface area contributed by atoms with Crippen LogP contribution in [0, 0.1) is 0 Å². The number of carbonyl (C=O) groups excluding carboxylic acids is 2. The molecule has 0 aromatic carbocycles. The zero-order chi connectivity index (χ0) is 14.0. The minimum Gasteiger partial charge on any atom is -0.465 e. The van der Waals surface area contributed by atoms with Crippen molar-refractivity contribution in [2.45, 2.75) is 38.6 Å². The van der Waals surface area contributed by atoms with Gasteiger partial charge in [-0.05, 0) is 31.2 Å². The van der Waals surface area contributed by atoms with Crippen molar-refractivity contribution in [1.29, 1.82) is 0 Å². The third-order valence-electron chi connectivity index (χ3n) is 3.32. The summed E-state index contributed by atoms with van der Waals surface area (Å²) in [5.74, 6) is -0.646. The molecule has 1 atom stereocenters. The summed E-state index contributed by atoms with van der Waals surface area (Å²) in [7, 11) is 1.35. The van der Waals surface area contributed by atoms with E-state index in [1.165, 1.54) is 23.3 Å². The van der Waals surface area contributed by atoms with E-state index >= 15 is 0 Å². The number of nitrogens with one attached hydrogen (secondary N) is 1. The highest BCUT2D eigenvalue weighted by molar-refractivity contribution is 7.17. The molecule has 0 spiro atoms. The predicted octanol–water partition coefficient (Wildman–Crippen LogP) is 1.70. The minimum atomic E-state index is -0.553. The molecule has 1 amide bonds. The van der Waals surface area contributed by atoms with E-state index in [9.17, 15) is 9.59 Å². The summed E-state index contributed by atoms with van der Waals surface area (Å²) in [5.41, 5.74) is 7.23. The van der Waals surface area contributed by atoms with Crippen LogP contribution in [-0.4, -0.2) is 25.0 Å². The van der Waals surface area contributed by atoms with Crippen LogP contribution >= 0.6 is 11.3 Å². The number of rotatable bonds is 4. The number of carbonyl (C=O) groups is 2. The van der Waals surface area contributed by atoms with Crippen LogP contribution in [-0.2, 0) is 22.4 Å². The lowest BCUT2D eigenvalue weighted by molar-refractivity contribution is -0.117. The SMILES string of the molecule is CC[C@H](N)C(=O)Nc1sc2c(c1C(=O)OC)CCC2. The Labute approximate surface area is 116 Å². The Morgan fingerprint density at radius 3 is 2.84 bits per heavy atom. The van der Waals surface area contributed by atoms with Gasteiger partial charge in [0.15, 0.2) is 0 Å². The fourth-order valence-corrected chi connectivity index (χ4v) is 3.48. The number of aryl methyl sites for hydroxylation is 1. The number of amides is 1. The number of nitrogens with two attached hydrogens (primary N) is 1. The average molecular weight is 282 g/mol. The molecule has 5 nitrogen and oxygen atoms in total. The van der Waals surface area contributed by atoms with E-state index < -0.39 is 6.04 Å². The first kappa shape index (κ1) is 14.0. The maximum atomic E-state index is 11.9. The first-order valence-corrected chi connectivity index (χ1v) is 7.19. The number of thiophene rings is 1. The predicted molar refractivity (Wildman–Crippen MR) is 74.6 cm³/mol. The highest BCUT2D eigenvalue weighted by Gasteiger charge is 2.28. The molecule has 1 aliphatic rings. The van der Waals surface area contributed by atoms with Crippen LogP contribution in [0.25, 0.3) is 0 Å². The maximum Gasteiger partial charge on any atom is 0.341 e. The van der Waals surface area contributed by atoms with E-state index in [0.29, 0.717) is 17.0 Å². The standard InChI is InChI=1S/C13H18N2O3S/c1-3-8(14)11(16)15-12-10(13(17)18-2)7-5-4-6-9(7)19-12/h8H,3-6,14H2,1-2H3,(H,15,16)/t8-/m0/s1. The molecular weight excluding hydrogens is 264 g/mol. The monoisotopic (exact) mass is 282 g/mol. The molecule has 1 aromatic rings. The molecule has 0 aliphatic heterocycles. The van der Waals surface area contributed by atoms with Gasteiger partial charge in [-0.15, -0.1) is 11.3 Å². The number of anilines is 1. The van der Waals surface area contributed by atoms with E-state index in [4.69, 9.17) is 10.5 Å². The van der Waals surface area contributed by atoms with Gasteiger partial charge in [0.05, 0.1) is 18.7 Å². The molecule has 104 valence electrons. The third-order valence-corrected chi connectivity index (χ3v) is 4.53. The Hall–Kier alpha value is -1.40. The molecule has 0 saturated heterocycles. The molecule has 1 aliphatic carbocycles. The van der Waals surface area contributed by atoms with E-state index in [1.54, 1.807) is 0 Å². The van der Waals surface area contributed by atoms with Crippen LogP contribution in [0.2, 0.25) is 0 Å². The molecule has 0 fully saturated rings. The van der Waals surface area contributed by atoms with Gasteiger partial charge in [-0.3, -0.25) is 4.79 Å². The molecule has 2 rings (SSSR count). The largest absolute Gasteiger partial charge is 0.465 e. The van der Waals surface area contributed by atoms with E-state index in [2.05, 4.69) is 5.32 Å². The van der Waals surface area contributed by atoms with Crippen molar-refractivity contribution in [1.82, 2.24) is 0 Å². The molecule has 0 saturated carbocycles. The molecule has 0 unspecified atom stereocenters. The van der Waals surface area contributed by atoms with Gasteiger partial charge in [0.2, 0.25) is 5.91 Å². The molecule has 3 N–H and O–H groups in total. The summed E-state index contributed by atoms with van der Waals surface area (Å²) < 4.78 is 4.81. The molecule has 1 aromatic heterocycles. The Bertz CT molecular complexity index is 510. The lowest BCUT2D eigenvalue weighted by atomic mass is 10.1. The lowest BCUT2D eigenvalue weighted by Gasteiger charge is -2.10. The summed E-state index contributed by atoms with van der Waals surface area (Å²) in [5, 5.41) is 3.33. The van der Waals surface area contributed by atoms with Crippen molar-refractivity contribution in [2.75, 3.05) is 12.4 Å². The van der Waals surface area contributed by atoms with Crippen LogP contribution in [0.5, 0.6) is 0 Å². The zero-order valence-electron chi connectivity index (χ0n) is 11.1. The first-order valence-electron chi connectivity index (χ1n) is 6.37. The smallest absolute Gasteiger partial charge is 0.341 e. The molecule has 0 radical (unpaired) electrons. The minimum absolute atomic E-state index is 0.257. The number of fused-ring (bicyclic) bond motifs is 1. The number of methoxy groups -OCH3 is 1. The second-order valence-corrected chi connectivity index (χ2v) is 5.66. The van der Waals surface area contributed by atoms with Crippen molar-refractivity contribution in [3.05, 3.63) is 16.0 Å². The summed E-state index contributed by atoms with van der Waals surface area (Å²) in [4.78, 5) is 24.9. The van der Waals surface area contributed by atoms with E-state index in [-0.39, 0.29) is 11.9 Å². The van der Waals surface area contributed by atoms with Crippen molar-refractivity contribution >= 4 is 28.2 Å². The van der Waals surface area contributed by atoms with Gasteiger partial charge in [-0.2, -0.15) is 0 Å². The number of ether oxygens (including phenoxy) is 1. The highest BCUT2D eigenvalue weighted by Crippen LogP contribution is 2.39. The molecule has 19 heavy (non-hydrogen) atoms. The van der Waals surface area contributed by atoms with Crippen LogP contribution in [0.4, 0.5) is 5.00 Å². The second-order valence-electron chi connectivity index (χ2n) is 4.56. The van der Waals surface area contributed by atoms with E-state index in [1.807, 2.05) is 6.92 Å². The summed E-state index contributed by atoms with van der Waals surface area (Å²) in [6, 6.07) is -0.553. The highest BCUT2D eigenvalue weighted by atomic mass is 32.1. The van der Waals surface area contributed by atoms with Gasteiger partial charge in [-0.1, -0.05) is 6.92 Å². The summed E-state index contributed by atoms with van der Waals surface area (Å²) in [6.07, 6.45) is 3.43. The van der Waals surface area contributed by atoms with Gasteiger partial charge >= 0.3 is 5.97 Å². The fourth-order valence-electron chi connectivity index (χ4n) is 2.20. The Balaban J connectivity index is 2.30. The first-order chi connectivity index (χ1) is 9.08. The van der Waals surface area contributed by atoms with Gasteiger partial charge < -0.3 is 15.8 Å². The third kappa shape index (κ3) is 2.64. The van der Waals surface area contributed by atoms with Crippen molar-refractivity contribution in [3.63, 3.8) is 0 Å². The lowest BCUT2D eigenvalue weighted by Crippen LogP contribution is -2.35. The van der Waals surface area contributed by atoms with Crippen molar-refractivity contribution in [3.8, 4) is 0 Å². The number of hydrogen-bond acceptors (Lipinski definition) is 5. The second kappa shape index (κ2) is 5.71. The fraction of sp³-hybridized carbons (Fsp3) is 0.538. The topological polar surface area (TPSA) is 81.4 Å². The Kier molecular flexibility index (Phi) is 4.21. The average Bonchev–Trinajstić information content (AvgIpc) is 2.96. The number of hydrogen-bond donors (Lipinski definition) is 2. The molecule has 6 heteroatoms.